The van der Waals surface area contributed by atoms with Crippen LogP contribution in [-0.2, 0) is 9.84 Å². The highest BCUT2D eigenvalue weighted by Crippen LogP contribution is 2.28. The molecular formula is C8H14N2O3S. The van der Waals surface area contributed by atoms with Crippen molar-refractivity contribution in [2.45, 2.75) is 24.8 Å². The first-order valence-corrected chi connectivity index (χ1v) is 6.60. The van der Waals surface area contributed by atoms with Crippen molar-refractivity contribution in [3.8, 4) is 0 Å². The molecule has 2 heterocycles. The second kappa shape index (κ2) is 3.12. The van der Waals surface area contributed by atoms with Crippen molar-refractivity contribution in [2.24, 2.45) is 0 Å². The normalized spacial score (nSPS) is 29.3. The predicted molar refractivity (Wildman–Crippen MR) is 51.8 cm³/mol. The minimum absolute atomic E-state index is 0.171. The largest absolute Gasteiger partial charge is 0.338 e. The summed E-state index contributed by atoms with van der Waals surface area (Å²) in [6.07, 6.45) is 1.94. The van der Waals surface area contributed by atoms with Crippen molar-refractivity contribution < 1.29 is 13.2 Å². The maximum Gasteiger partial charge on any atom is 0.315 e. The van der Waals surface area contributed by atoms with Crippen LogP contribution in [0.5, 0.6) is 0 Å². The summed E-state index contributed by atoms with van der Waals surface area (Å²) in [5.74, 6) is 0.403. The van der Waals surface area contributed by atoms with Gasteiger partial charge in [0.1, 0.15) is 9.84 Å². The number of hydrogen-bond donors (Lipinski definition) is 2. The summed E-state index contributed by atoms with van der Waals surface area (Å²) in [4.78, 5) is 11.1. The highest BCUT2D eigenvalue weighted by molar-refractivity contribution is 7.91. The number of amides is 2. The van der Waals surface area contributed by atoms with Gasteiger partial charge in [0.25, 0.3) is 0 Å². The van der Waals surface area contributed by atoms with Gasteiger partial charge in [0.05, 0.1) is 11.5 Å². The van der Waals surface area contributed by atoms with Crippen LogP contribution in [-0.4, -0.2) is 38.0 Å². The highest BCUT2D eigenvalue weighted by Gasteiger charge is 2.39. The van der Waals surface area contributed by atoms with Crippen LogP contribution in [0.25, 0.3) is 0 Å². The topological polar surface area (TPSA) is 75.3 Å². The van der Waals surface area contributed by atoms with E-state index >= 15 is 0 Å². The van der Waals surface area contributed by atoms with Crippen molar-refractivity contribution in [1.82, 2.24) is 10.6 Å². The van der Waals surface area contributed by atoms with Crippen molar-refractivity contribution in [1.29, 1.82) is 0 Å². The van der Waals surface area contributed by atoms with Gasteiger partial charge in [-0.2, -0.15) is 0 Å². The van der Waals surface area contributed by atoms with Gasteiger partial charge in [-0.1, -0.05) is 0 Å². The molecule has 2 saturated heterocycles. The lowest BCUT2D eigenvalue weighted by atomic mass is 9.87. The minimum Gasteiger partial charge on any atom is -0.338 e. The van der Waals surface area contributed by atoms with Gasteiger partial charge in [-0.25, -0.2) is 13.2 Å². The van der Waals surface area contributed by atoms with Crippen molar-refractivity contribution in [2.75, 3.05) is 18.1 Å². The molecule has 80 valence electrons. The molecule has 5 nitrogen and oxygen atoms in total. The van der Waals surface area contributed by atoms with E-state index in [0.29, 0.717) is 19.4 Å². The highest BCUT2D eigenvalue weighted by atomic mass is 32.2. The maximum absolute atomic E-state index is 11.2. The molecule has 2 fully saturated rings. The van der Waals surface area contributed by atoms with E-state index in [1.54, 1.807) is 0 Å². The third-order valence-corrected chi connectivity index (χ3v) is 4.70. The van der Waals surface area contributed by atoms with Crippen LogP contribution in [0.3, 0.4) is 0 Å². The lowest BCUT2D eigenvalue weighted by Crippen LogP contribution is -2.61. The molecule has 2 N–H and O–H groups in total. The van der Waals surface area contributed by atoms with Crippen molar-refractivity contribution in [3.63, 3.8) is 0 Å². The Bertz CT molecular complexity index is 336. The maximum atomic E-state index is 11.2. The molecule has 0 bridgehead atoms. The first-order chi connectivity index (χ1) is 6.52. The molecule has 1 spiro atoms. The molecule has 0 atom stereocenters. The lowest BCUT2D eigenvalue weighted by molar-refractivity contribution is 0.198. The van der Waals surface area contributed by atoms with Crippen LogP contribution in [0, 0.1) is 0 Å². The Balaban J connectivity index is 2.08. The quantitative estimate of drug-likeness (QED) is 0.583. The number of urea groups is 1. The first kappa shape index (κ1) is 9.76. The van der Waals surface area contributed by atoms with E-state index in [-0.39, 0.29) is 23.1 Å². The summed E-state index contributed by atoms with van der Waals surface area (Å²) in [7, 11) is -2.85. The minimum atomic E-state index is -2.85. The molecule has 14 heavy (non-hydrogen) atoms. The molecule has 2 aliphatic heterocycles. The Morgan fingerprint density at radius 2 is 1.79 bits per heavy atom. The molecule has 0 aliphatic carbocycles. The summed E-state index contributed by atoms with van der Waals surface area (Å²) in [6.45, 7) is 0.645. The third kappa shape index (κ3) is 1.84. The van der Waals surface area contributed by atoms with Gasteiger partial charge >= 0.3 is 6.03 Å². The van der Waals surface area contributed by atoms with Gasteiger partial charge < -0.3 is 10.6 Å². The van der Waals surface area contributed by atoms with Gasteiger partial charge in [0.15, 0.2) is 0 Å². The SMILES string of the molecule is O=C1NCCC2(CCS(=O)(=O)CC2)N1. The Kier molecular flexibility index (Phi) is 2.17. The average Bonchev–Trinajstić information content (AvgIpc) is 2.12. The number of rotatable bonds is 0. The van der Waals surface area contributed by atoms with E-state index in [0.717, 1.165) is 6.42 Å². The summed E-state index contributed by atoms with van der Waals surface area (Å²) in [5.41, 5.74) is -0.256. The molecule has 0 aromatic carbocycles. The zero-order valence-electron chi connectivity index (χ0n) is 7.88. The van der Waals surface area contributed by atoms with E-state index < -0.39 is 9.84 Å². The summed E-state index contributed by atoms with van der Waals surface area (Å²) in [6, 6.07) is -0.171. The average molecular weight is 218 g/mol. The second-order valence-corrected chi connectivity index (χ2v) is 6.37. The molecule has 2 amide bonds. The van der Waals surface area contributed by atoms with E-state index in [1.165, 1.54) is 0 Å². The number of carbonyl (C=O) groups is 1. The number of sulfone groups is 1. The standard InChI is InChI=1S/C8H14N2O3S/c11-7-9-4-1-8(10-7)2-5-14(12,13)6-3-8/h1-6H2,(H2,9,10,11). The number of carbonyl (C=O) groups excluding carboxylic acids is 1. The fourth-order valence-corrected chi connectivity index (χ4v) is 3.67. The van der Waals surface area contributed by atoms with E-state index in [2.05, 4.69) is 10.6 Å². The number of nitrogens with one attached hydrogen (secondary N) is 2. The third-order valence-electron chi connectivity index (χ3n) is 3.05. The zero-order valence-corrected chi connectivity index (χ0v) is 8.69. The first-order valence-electron chi connectivity index (χ1n) is 4.78. The van der Waals surface area contributed by atoms with Gasteiger partial charge in [-0.05, 0) is 19.3 Å². The molecule has 0 saturated carbocycles. The molecule has 2 rings (SSSR count). The summed E-state index contributed by atoms with van der Waals surface area (Å²) < 4.78 is 22.5. The number of hydrogen-bond acceptors (Lipinski definition) is 3. The second-order valence-electron chi connectivity index (χ2n) is 4.06. The molecule has 0 radical (unpaired) electrons. The summed E-state index contributed by atoms with van der Waals surface area (Å²) in [5, 5.41) is 5.53. The Morgan fingerprint density at radius 3 is 2.36 bits per heavy atom. The fraction of sp³-hybridized carbons (Fsp3) is 0.875. The van der Waals surface area contributed by atoms with Gasteiger partial charge in [0, 0.05) is 12.1 Å². The van der Waals surface area contributed by atoms with Crippen molar-refractivity contribution in [3.05, 3.63) is 0 Å². The Hall–Kier alpha value is -0.780. The van der Waals surface area contributed by atoms with E-state index in [4.69, 9.17) is 0 Å². The van der Waals surface area contributed by atoms with Crippen LogP contribution in [0.4, 0.5) is 4.79 Å². The molecule has 6 heteroatoms. The van der Waals surface area contributed by atoms with Crippen molar-refractivity contribution >= 4 is 15.9 Å². The van der Waals surface area contributed by atoms with Crippen LogP contribution in [0.15, 0.2) is 0 Å². The molecular weight excluding hydrogens is 204 g/mol. The van der Waals surface area contributed by atoms with E-state index in [9.17, 15) is 13.2 Å². The Morgan fingerprint density at radius 1 is 1.14 bits per heavy atom. The van der Waals surface area contributed by atoms with Crippen LogP contribution >= 0.6 is 0 Å². The van der Waals surface area contributed by atoms with E-state index in [1.807, 2.05) is 0 Å². The molecule has 0 unspecified atom stereocenters. The summed E-state index contributed by atoms with van der Waals surface area (Å²) >= 11 is 0. The van der Waals surface area contributed by atoms with Crippen LogP contribution < -0.4 is 10.6 Å². The molecule has 0 aromatic rings. The zero-order chi connectivity index (χ0) is 10.2. The van der Waals surface area contributed by atoms with Crippen LogP contribution in [0.2, 0.25) is 0 Å². The van der Waals surface area contributed by atoms with Gasteiger partial charge in [-0.3, -0.25) is 0 Å². The van der Waals surface area contributed by atoms with Gasteiger partial charge in [0.2, 0.25) is 0 Å². The molecule has 0 aromatic heterocycles. The lowest BCUT2D eigenvalue weighted by Gasteiger charge is -2.40. The molecule has 2 aliphatic rings. The fourth-order valence-electron chi connectivity index (χ4n) is 2.07. The van der Waals surface area contributed by atoms with Crippen LogP contribution in [0.1, 0.15) is 19.3 Å². The van der Waals surface area contributed by atoms with Gasteiger partial charge in [-0.15, -0.1) is 0 Å². The smallest absolute Gasteiger partial charge is 0.315 e. The monoisotopic (exact) mass is 218 g/mol. The predicted octanol–water partition coefficient (Wildman–Crippen LogP) is -0.363. The Labute approximate surface area is 83.2 Å².